The molecule has 1 saturated carbocycles. The van der Waals surface area contributed by atoms with Crippen molar-refractivity contribution >= 4 is 17.5 Å². The first-order valence-corrected chi connectivity index (χ1v) is 11.0. The average molecular weight is 475 g/mol. The molecule has 180 valence electrons. The Morgan fingerprint density at radius 2 is 2.06 bits per heavy atom. The van der Waals surface area contributed by atoms with E-state index in [0.29, 0.717) is 17.8 Å². The molecule has 4 heterocycles. The van der Waals surface area contributed by atoms with E-state index >= 15 is 0 Å². The second-order valence-corrected chi connectivity index (χ2v) is 9.13. The van der Waals surface area contributed by atoms with Gasteiger partial charge in [0.15, 0.2) is 5.65 Å². The number of pyridine rings is 1. The lowest BCUT2D eigenvalue weighted by Crippen LogP contribution is -2.76. The van der Waals surface area contributed by atoms with Gasteiger partial charge >= 0.3 is 12.2 Å². The van der Waals surface area contributed by atoms with Crippen molar-refractivity contribution in [3.8, 4) is 11.3 Å². The van der Waals surface area contributed by atoms with Crippen molar-refractivity contribution in [2.24, 2.45) is 5.92 Å². The largest absolute Gasteiger partial charge is 0.418 e. The van der Waals surface area contributed by atoms with Gasteiger partial charge in [0.25, 0.3) is 0 Å². The molecule has 0 radical (unpaired) electrons. The fourth-order valence-corrected chi connectivity index (χ4v) is 5.48. The van der Waals surface area contributed by atoms with Crippen LogP contribution in [0.25, 0.3) is 16.9 Å². The highest BCUT2D eigenvalue weighted by Gasteiger charge is 2.61. The monoisotopic (exact) mass is 475 g/mol. The Kier molecular flexibility index (Phi) is 5.23. The van der Waals surface area contributed by atoms with Gasteiger partial charge < -0.3 is 9.64 Å². The maximum atomic E-state index is 13.7. The Morgan fingerprint density at radius 1 is 1.26 bits per heavy atom. The number of nitrogens with zero attached hydrogens (tertiary/aromatic N) is 6. The Hall–Kier alpha value is -3.28. The Balaban J connectivity index is 1.48. The first-order valence-electron chi connectivity index (χ1n) is 11.0. The Labute approximate surface area is 193 Å². The van der Waals surface area contributed by atoms with E-state index in [4.69, 9.17) is 4.74 Å². The third kappa shape index (κ3) is 3.56. The molecule has 2 fully saturated rings. The first-order chi connectivity index (χ1) is 16.1. The fourth-order valence-electron chi connectivity index (χ4n) is 5.48. The summed E-state index contributed by atoms with van der Waals surface area (Å²) in [7, 11) is 1.62. The summed E-state index contributed by atoms with van der Waals surface area (Å²) in [5.41, 5.74) is -1.18. The second kappa shape index (κ2) is 7.90. The van der Waals surface area contributed by atoms with E-state index in [1.807, 2.05) is 6.92 Å². The predicted molar refractivity (Wildman–Crippen MR) is 116 cm³/mol. The van der Waals surface area contributed by atoms with Crippen LogP contribution < -0.4 is 5.32 Å². The number of carbonyl (C=O) groups is 1. The van der Waals surface area contributed by atoms with Crippen molar-refractivity contribution < 1.29 is 22.7 Å². The number of hydrogen-bond donors (Lipinski definition) is 1. The second-order valence-electron chi connectivity index (χ2n) is 9.13. The number of hydrogen-bond acceptors (Lipinski definition) is 6. The summed E-state index contributed by atoms with van der Waals surface area (Å²) in [6.07, 6.45) is 2.37. The zero-order valence-electron chi connectivity index (χ0n) is 18.9. The highest BCUT2D eigenvalue weighted by molar-refractivity contribution is 5.91. The summed E-state index contributed by atoms with van der Waals surface area (Å²) in [4.78, 5) is 27.0. The molecule has 9 nitrogen and oxygen atoms in total. The molecule has 2 bridgehead atoms. The summed E-state index contributed by atoms with van der Waals surface area (Å²) in [6.45, 7) is 4.09. The standard InChI is InChI=1S/C22H24F3N7O2/c1-12-4-14-7-21(6-12,13(2)34-3)32(14)20(33)30-18-5-15(16(8-27-18)22(23,24)25)17-10-31-19(9-26-17)28-11-29-31/h5,8-14H,4,6-7H2,1-3H3,(H,27,30,33). The van der Waals surface area contributed by atoms with Crippen LogP contribution in [0.15, 0.2) is 31.0 Å². The maximum Gasteiger partial charge on any atom is 0.418 e. The molecule has 4 unspecified atom stereocenters. The molecule has 2 amide bonds. The number of likely N-dealkylation sites (tertiary alicyclic amines) is 1. The zero-order chi connectivity index (χ0) is 24.3. The van der Waals surface area contributed by atoms with Crippen LogP contribution in [-0.4, -0.2) is 60.3 Å². The third-order valence-electron chi connectivity index (χ3n) is 7.02. The van der Waals surface area contributed by atoms with Gasteiger partial charge in [0.1, 0.15) is 12.1 Å². The molecule has 1 aliphatic heterocycles. The molecule has 34 heavy (non-hydrogen) atoms. The number of piperidine rings is 1. The molecule has 1 saturated heterocycles. The molecule has 12 heteroatoms. The minimum absolute atomic E-state index is 0.00623. The topological polar surface area (TPSA) is 97.5 Å². The lowest BCUT2D eigenvalue weighted by molar-refractivity contribution is -0.155. The quantitative estimate of drug-likeness (QED) is 0.612. The third-order valence-corrected chi connectivity index (χ3v) is 7.02. The lowest BCUT2D eigenvalue weighted by atomic mass is 9.62. The van der Waals surface area contributed by atoms with Crippen LogP contribution in [0.5, 0.6) is 0 Å². The number of methoxy groups -OCH3 is 1. The van der Waals surface area contributed by atoms with Gasteiger partial charge in [-0.1, -0.05) is 6.92 Å². The van der Waals surface area contributed by atoms with Crippen molar-refractivity contribution in [1.82, 2.24) is 29.5 Å². The van der Waals surface area contributed by atoms with Gasteiger partial charge in [-0.15, -0.1) is 0 Å². The molecule has 1 N–H and O–H groups in total. The number of fused-ring (bicyclic) bond motifs is 3. The molecule has 0 aromatic carbocycles. The van der Waals surface area contributed by atoms with E-state index in [9.17, 15) is 18.0 Å². The number of carbonyl (C=O) groups excluding carboxylic acids is 1. The number of urea groups is 1. The smallest absolute Gasteiger partial charge is 0.379 e. The number of rotatable bonds is 4. The van der Waals surface area contributed by atoms with E-state index in [1.165, 1.54) is 29.3 Å². The number of halogens is 3. The van der Waals surface area contributed by atoms with Crippen LogP contribution in [0, 0.1) is 5.92 Å². The van der Waals surface area contributed by atoms with Gasteiger partial charge in [-0.3, -0.25) is 10.3 Å². The summed E-state index contributed by atoms with van der Waals surface area (Å²) in [5, 5.41) is 6.66. The van der Waals surface area contributed by atoms with Crippen molar-refractivity contribution in [2.75, 3.05) is 12.4 Å². The van der Waals surface area contributed by atoms with Gasteiger partial charge in [-0.2, -0.15) is 18.3 Å². The zero-order valence-corrected chi connectivity index (χ0v) is 18.9. The van der Waals surface area contributed by atoms with E-state index in [2.05, 4.69) is 32.3 Å². The molecule has 3 aromatic heterocycles. The Morgan fingerprint density at radius 3 is 2.79 bits per heavy atom. The predicted octanol–water partition coefficient (Wildman–Crippen LogP) is 4.01. The molecular weight excluding hydrogens is 451 g/mol. The van der Waals surface area contributed by atoms with Gasteiger partial charge in [0.05, 0.1) is 35.3 Å². The Bertz CT molecular complexity index is 1250. The fraction of sp³-hybridized carbons (Fsp3) is 0.500. The van der Waals surface area contributed by atoms with E-state index in [-0.39, 0.29) is 29.2 Å². The first kappa shape index (κ1) is 22.5. The highest BCUT2D eigenvalue weighted by atomic mass is 19.4. The number of alkyl halides is 3. The van der Waals surface area contributed by atoms with Crippen LogP contribution in [0.1, 0.15) is 38.7 Å². The molecule has 3 aromatic rings. The summed E-state index contributed by atoms with van der Waals surface area (Å²) >= 11 is 0. The van der Waals surface area contributed by atoms with Gasteiger partial charge in [0, 0.05) is 24.9 Å². The van der Waals surface area contributed by atoms with Crippen molar-refractivity contribution in [3.63, 3.8) is 0 Å². The average Bonchev–Trinajstić information content (AvgIpc) is 3.25. The van der Waals surface area contributed by atoms with E-state index in [1.54, 1.807) is 12.0 Å². The molecule has 1 aliphatic carbocycles. The van der Waals surface area contributed by atoms with Crippen LogP contribution >= 0.6 is 0 Å². The molecular formula is C22H24F3N7O2. The maximum absolute atomic E-state index is 13.7. The van der Waals surface area contributed by atoms with Gasteiger partial charge in [-0.25, -0.2) is 19.3 Å². The number of anilines is 1. The molecule has 4 atom stereocenters. The van der Waals surface area contributed by atoms with Crippen LogP contribution in [0.2, 0.25) is 0 Å². The van der Waals surface area contributed by atoms with Gasteiger partial charge in [-0.05, 0) is 38.2 Å². The number of nitrogens with one attached hydrogen (secondary N) is 1. The highest BCUT2D eigenvalue weighted by Crippen LogP contribution is 2.52. The minimum atomic E-state index is -4.66. The number of aromatic nitrogens is 5. The summed E-state index contributed by atoms with van der Waals surface area (Å²) in [6, 6.07) is 0.854. The van der Waals surface area contributed by atoms with E-state index in [0.717, 1.165) is 19.3 Å². The number of ether oxygens (including phenoxy) is 1. The van der Waals surface area contributed by atoms with Crippen molar-refractivity contribution in [1.29, 1.82) is 0 Å². The van der Waals surface area contributed by atoms with E-state index < -0.39 is 23.3 Å². The summed E-state index contributed by atoms with van der Waals surface area (Å²) in [5.74, 6) is 0.459. The van der Waals surface area contributed by atoms with Crippen molar-refractivity contribution in [2.45, 2.75) is 57.0 Å². The van der Waals surface area contributed by atoms with Crippen molar-refractivity contribution in [3.05, 3.63) is 36.5 Å². The molecule has 2 aliphatic rings. The minimum Gasteiger partial charge on any atom is -0.379 e. The van der Waals surface area contributed by atoms with Crippen LogP contribution in [0.4, 0.5) is 23.8 Å². The summed E-state index contributed by atoms with van der Waals surface area (Å²) < 4.78 is 48.1. The normalized spacial score (nSPS) is 25.2. The van der Waals surface area contributed by atoms with Crippen LogP contribution in [0.3, 0.4) is 0 Å². The molecule has 0 spiro atoms. The van der Waals surface area contributed by atoms with Gasteiger partial charge in [0.2, 0.25) is 0 Å². The lowest BCUT2D eigenvalue weighted by Gasteiger charge is -2.65. The van der Waals surface area contributed by atoms with Crippen LogP contribution in [-0.2, 0) is 10.9 Å². The molecule has 5 rings (SSSR count). The SMILES string of the molecule is COC(C)C12CC(C)CC(C1)N2C(=O)Nc1cc(-c2cn3ncnc3cn2)c(C(F)(F)F)cn1. The number of amides is 2.